The van der Waals surface area contributed by atoms with Crippen molar-refractivity contribution in [2.45, 2.75) is 71.2 Å². The summed E-state index contributed by atoms with van der Waals surface area (Å²) in [5.74, 6) is 0.448. The Morgan fingerprint density at radius 1 is 1.20 bits per heavy atom. The van der Waals surface area contributed by atoms with Crippen LogP contribution in [-0.4, -0.2) is 108 Å². The van der Waals surface area contributed by atoms with Crippen LogP contribution in [0.3, 0.4) is 0 Å². The Balaban J connectivity index is 1.83. The zero-order valence-corrected chi connectivity index (χ0v) is 22.3. The van der Waals surface area contributed by atoms with E-state index in [1.54, 1.807) is 11.0 Å². The summed E-state index contributed by atoms with van der Waals surface area (Å²) in [4.78, 5) is 45.4. The van der Waals surface area contributed by atoms with Crippen LogP contribution in [0, 0.1) is 0 Å². The summed E-state index contributed by atoms with van der Waals surface area (Å²) in [6, 6.07) is 2.00. The lowest BCUT2D eigenvalue weighted by Crippen LogP contribution is -2.55. The monoisotopic (exact) mass is 492 g/mol. The fourth-order valence-corrected chi connectivity index (χ4v) is 4.53. The lowest BCUT2D eigenvalue weighted by Gasteiger charge is -2.40. The molecular weight excluding hydrogens is 452 g/mol. The van der Waals surface area contributed by atoms with Crippen LogP contribution in [0.4, 0.5) is 10.6 Å². The van der Waals surface area contributed by atoms with Crippen molar-refractivity contribution in [3.8, 4) is 5.88 Å². The number of hydrogen-bond acceptors (Lipinski definition) is 9. The largest absolute Gasteiger partial charge is 0.473 e. The number of amides is 2. The van der Waals surface area contributed by atoms with Gasteiger partial charge in [-0.3, -0.25) is 14.5 Å². The van der Waals surface area contributed by atoms with Gasteiger partial charge in [0.1, 0.15) is 17.5 Å². The lowest BCUT2D eigenvalue weighted by molar-refractivity contribution is -0.0764. The highest BCUT2D eigenvalue weighted by atomic mass is 16.7. The van der Waals surface area contributed by atoms with Gasteiger partial charge in [0.25, 0.3) is 0 Å². The number of hydroxylamine groups is 2. The molecule has 0 aromatic carbocycles. The summed E-state index contributed by atoms with van der Waals surface area (Å²) >= 11 is 0. The second-order valence-corrected chi connectivity index (χ2v) is 10.4. The second-order valence-electron chi connectivity index (χ2n) is 10.4. The number of likely N-dealkylation sites (tertiary alicyclic amines) is 1. The molecule has 3 rings (SSSR count). The molecule has 1 aromatic heterocycles. The number of hydrogen-bond donors (Lipinski definition) is 0. The van der Waals surface area contributed by atoms with Crippen LogP contribution in [-0.2, 0) is 9.57 Å². The number of piperazine rings is 1. The molecule has 0 saturated carbocycles. The van der Waals surface area contributed by atoms with Gasteiger partial charge in [-0.05, 0) is 61.1 Å². The van der Waals surface area contributed by atoms with Gasteiger partial charge in [0, 0.05) is 44.8 Å². The van der Waals surface area contributed by atoms with Crippen LogP contribution in [0.25, 0.3) is 0 Å². The van der Waals surface area contributed by atoms with Gasteiger partial charge in [-0.1, -0.05) is 0 Å². The van der Waals surface area contributed by atoms with E-state index in [4.69, 9.17) is 14.3 Å². The van der Waals surface area contributed by atoms with Crippen LogP contribution in [0.1, 0.15) is 58.1 Å². The second kappa shape index (κ2) is 10.9. The minimum atomic E-state index is -0.553. The maximum atomic E-state index is 12.8. The van der Waals surface area contributed by atoms with Crippen molar-refractivity contribution < 1.29 is 23.9 Å². The number of likely N-dealkylation sites (N-methyl/N-ethyl adjacent to an activating group) is 1. The minimum absolute atomic E-state index is 0.00408. The molecule has 0 bridgehead atoms. The molecule has 0 unspecified atom stereocenters. The first-order chi connectivity index (χ1) is 16.4. The Morgan fingerprint density at radius 3 is 2.49 bits per heavy atom. The van der Waals surface area contributed by atoms with E-state index in [2.05, 4.69) is 26.8 Å². The molecule has 3 heterocycles. The van der Waals surface area contributed by atoms with Gasteiger partial charge < -0.3 is 19.3 Å². The maximum absolute atomic E-state index is 12.8. The maximum Gasteiger partial charge on any atom is 0.410 e. The van der Waals surface area contributed by atoms with Gasteiger partial charge in [0.2, 0.25) is 11.7 Å². The molecule has 11 heteroatoms. The average molecular weight is 493 g/mol. The van der Waals surface area contributed by atoms with E-state index in [1.165, 1.54) is 14.2 Å². The molecule has 2 fully saturated rings. The fourth-order valence-electron chi connectivity index (χ4n) is 4.53. The summed E-state index contributed by atoms with van der Waals surface area (Å²) in [5.41, 5.74) is -0.553. The number of nitrogens with zero attached hydrogens (tertiary/aromatic N) is 6. The summed E-state index contributed by atoms with van der Waals surface area (Å²) in [6.45, 7) is 12.1. The van der Waals surface area contributed by atoms with Crippen molar-refractivity contribution in [1.82, 2.24) is 24.8 Å². The Kier molecular flexibility index (Phi) is 8.42. The Labute approximate surface area is 208 Å². The number of anilines is 1. The highest BCUT2D eigenvalue weighted by Gasteiger charge is 2.33. The predicted octanol–water partition coefficient (Wildman–Crippen LogP) is 2.42. The van der Waals surface area contributed by atoms with Crippen LogP contribution in [0.2, 0.25) is 0 Å². The van der Waals surface area contributed by atoms with Gasteiger partial charge in [0.15, 0.2) is 0 Å². The normalized spacial score (nSPS) is 22.2. The van der Waals surface area contributed by atoms with Gasteiger partial charge in [-0.25, -0.2) is 14.8 Å². The third kappa shape index (κ3) is 6.72. The number of carbonyl (C=O) groups is 2. The van der Waals surface area contributed by atoms with E-state index in [0.717, 1.165) is 24.4 Å². The number of rotatable bonds is 6. The third-order valence-corrected chi connectivity index (χ3v) is 6.44. The van der Waals surface area contributed by atoms with E-state index in [1.807, 2.05) is 34.6 Å². The summed E-state index contributed by atoms with van der Waals surface area (Å²) in [5, 5.41) is 1.08. The third-order valence-electron chi connectivity index (χ3n) is 6.44. The molecule has 196 valence electrons. The number of carbonyl (C=O) groups excluding carboxylic acids is 2. The van der Waals surface area contributed by atoms with Crippen molar-refractivity contribution in [3.05, 3.63) is 11.9 Å². The molecule has 0 N–H and O–H groups in total. The Bertz CT molecular complexity index is 907. The van der Waals surface area contributed by atoms with Gasteiger partial charge in [0.05, 0.1) is 7.11 Å². The van der Waals surface area contributed by atoms with Crippen LogP contribution in [0.15, 0.2) is 6.07 Å². The first-order valence-electron chi connectivity index (χ1n) is 12.2. The zero-order valence-electron chi connectivity index (χ0n) is 22.3. The van der Waals surface area contributed by atoms with Crippen molar-refractivity contribution in [3.63, 3.8) is 0 Å². The highest BCUT2D eigenvalue weighted by Crippen LogP contribution is 2.26. The van der Waals surface area contributed by atoms with Crippen molar-refractivity contribution >= 4 is 17.8 Å². The fraction of sp³-hybridized carbons (Fsp3) is 0.750. The van der Waals surface area contributed by atoms with Crippen LogP contribution in [0.5, 0.6) is 5.88 Å². The van der Waals surface area contributed by atoms with E-state index in [0.29, 0.717) is 31.3 Å². The van der Waals surface area contributed by atoms with E-state index < -0.39 is 11.5 Å². The lowest BCUT2D eigenvalue weighted by atomic mass is 10.1. The van der Waals surface area contributed by atoms with Gasteiger partial charge in [-0.2, -0.15) is 4.98 Å². The van der Waals surface area contributed by atoms with E-state index in [-0.39, 0.29) is 30.1 Å². The first kappa shape index (κ1) is 26.9. The van der Waals surface area contributed by atoms with E-state index in [9.17, 15) is 9.59 Å². The summed E-state index contributed by atoms with van der Waals surface area (Å²) in [7, 11) is 5.02. The molecular formula is C24H40N6O5. The molecule has 0 radical (unpaired) electrons. The molecule has 2 amide bonds. The molecule has 11 nitrogen and oxygen atoms in total. The number of aromatic nitrogens is 2. The van der Waals surface area contributed by atoms with Gasteiger partial charge in [-0.15, -0.1) is 0 Å². The van der Waals surface area contributed by atoms with Gasteiger partial charge >= 0.3 is 12.0 Å². The topological polar surface area (TPSA) is 101 Å². The highest BCUT2D eigenvalue weighted by molar-refractivity contribution is 5.90. The Morgan fingerprint density at radius 2 is 1.91 bits per heavy atom. The first-order valence-corrected chi connectivity index (χ1v) is 12.2. The molecule has 2 aliphatic heterocycles. The minimum Gasteiger partial charge on any atom is -0.473 e. The molecule has 2 saturated heterocycles. The molecule has 35 heavy (non-hydrogen) atoms. The van der Waals surface area contributed by atoms with Crippen molar-refractivity contribution in [2.24, 2.45) is 0 Å². The number of ether oxygens (including phenoxy) is 2. The molecule has 2 aliphatic rings. The molecule has 1 aromatic rings. The zero-order chi connectivity index (χ0) is 25.9. The standard InChI is InChI=1S/C24H40N6O5/c1-16-15-29(23(32)35-24(3,4)5)12-13-30(16)19-14-20(26-21(25-19)22(31)28(7)33-8)34-17(2)18-10-9-11-27(18)6/h14,16-18H,9-13,15H2,1-8H3/t16-,17+,18+/m1/s1. The van der Waals surface area contributed by atoms with Crippen LogP contribution < -0.4 is 9.64 Å². The molecule has 0 aliphatic carbocycles. The van der Waals surface area contributed by atoms with Crippen molar-refractivity contribution in [2.75, 3.05) is 52.3 Å². The summed E-state index contributed by atoms with van der Waals surface area (Å²) in [6.07, 6.45) is 1.75. The quantitative estimate of drug-likeness (QED) is 0.554. The smallest absolute Gasteiger partial charge is 0.410 e. The van der Waals surface area contributed by atoms with Crippen LogP contribution >= 0.6 is 0 Å². The summed E-state index contributed by atoms with van der Waals surface area (Å²) < 4.78 is 11.8. The molecule has 0 spiro atoms. The van der Waals surface area contributed by atoms with Crippen molar-refractivity contribution in [1.29, 1.82) is 0 Å². The molecule has 3 atom stereocenters. The predicted molar refractivity (Wildman–Crippen MR) is 131 cm³/mol. The SMILES string of the molecule is CON(C)C(=O)c1nc(O[C@@H](C)[C@@H]2CCCN2C)cc(N2CCN(C(=O)OC(C)(C)C)C[C@H]2C)n1. The average Bonchev–Trinajstić information content (AvgIpc) is 3.22. The van der Waals surface area contributed by atoms with E-state index >= 15 is 0 Å². The Hall–Kier alpha value is -2.66.